The molecule has 0 radical (unpaired) electrons. The molecule has 2 atom stereocenters. The molecular formula is C12H24O4Si. The first-order valence-corrected chi connectivity index (χ1v) is 7.95. The fraction of sp³-hybridized carbons (Fsp3) is 1.00. The lowest BCUT2D eigenvalue weighted by Crippen LogP contribution is -2.43. The van der Waals surface area contributed by atoms with Crippen LogP contribution in [-0.4, -0.2) is 54.6 Å². The summed E-state index contributed by atoms with van der Waals surface area (Å²) in [6.45, 7) is 3.37. The fourth-order valence-electron chi connectivity index (χ4n) is 2.43. The van der Waals surface area contributed by atoms with Crippen molar-refractivity contribution in [2.75, 3.05) is 33.5 Å². The van der Waals surface area contributed by atoms with Gasteiger partial charge < -0.3 is 18.6 Å². The topological polar surface area (TPSA) is 40.2 Å². The molecule has 0 N–H and O–H groups in total. The predicted molar refractivity (Wildman–Crippen MR) is 67.9 cm³/mol. The first-order valence-electron chi connectivity index (χ1n) is 6.67. The molecule has 2 aliphatic heterocycles. The van der Waals surface area contributed by atoms with Crippen LogP contribution in [0.3, 0.4) is 0 Å². The molecule has 0 aromatic heterocycles. The largest absolute Gasteiger partial charge is 0.424 e. The Morgan fingerprint density at radius 2 is 2.29 bits per heavy atom. The van der Waals surface area contributed by atoms with Gasteiger partial charge in [0.05, 0.1) is 18.4 Å². The molecule has 100 valence electrons. The van der Waals surface area contributed by atoms with Gasteiger partial charge in [0, 0.05) is 20.3 Å². The van der Waals surface area contributed by atoms with Crippen molar-refractivity contribution < 1.29 is 18.6 Å². The summed E-state index contributed by atoms with van der Waals surface area (Å²) in [6.07, 6.45) is 6.21. The first kappa shape index (κ1) is 13.5. The van der Waals surface area contributed by atoms with Crippen LogP contribution in [0.1, 0.15) is 32.1 Å². The Balaban J connectivity index is 1.61. The van der Waals surface area contributed by atoms with Gasteiger partial charge in [0.15, 0.2) is 9.76 Å². The molecule has 2 aliphatic rings. The monoisotopic (exact) mass is 260 g/mol. The molecule has 0 spiro atoms. The fourth-order valence-corrected chi connectivity index (χ4v) is 3.97. The van der Waals surface area contributed by atoms with E-state index in [0.29, 0.717) is 6.10 Å². The summed E-state index contributed by atoms with van der Waals surface area (Å²) in [6, 6.07) is 0. The van der Waals surface area contributed by atoms with Crippen LogP contribution in [0.2, 0.25) is 0 Å². The summed E-state index contributed by atoms with van der Waals surface area (Å²) in [5.41, 5.74) is 0. The van der Waals surface area contributed by atoms with Crippen LogP contribution in [-0.2, 0) is 18.6 Å². The third kappa shape index (κ3) is 4.67. The molecule has 4 nitrogen and oxygen atoms in total. The van der Waals surface area contributed by atoms with Crippen LogP contribution in [0.15, 0.2) is 0 Å². The minimum Gasteiger partial charge on any atom is -0.424 e. The highest BCUT2D eigenvalue weighted by molar-refractivity contribution is 6.31. The number of ether oxygens (including phenoxy) is 3. The van der Waals surface area contributed by atoms with Gasteiger partial charge in [-0.1, -0.05) is 0 Å². The van der Waals surface area contributed by atoms with E-state index in [-0.39, 0.29) is 5.22 Å². The summed E-state index contributed by atoms with van der Waals surface area (Å²) >= 11 is 0. The van der Waals surface area contributed by atoms with Gasteiger partial charge in [0.2, 0.25) is 0 Å². The van der Waals surface area contributed by atoms with Crippen molar-refractivity contribution in [1.82, 2.24) is 0 Å². The molecule has 2 fully saturated rings. The van der Waals surface area contributed by atoms with Crippen molar-refractivity contribution in [2.45, 2.75) is 43.4 Å². The summed E-state index contributed by atoms with van der Waals surface area (Å²) < 4.78 is 22.1. The zero-order valence-electron chi connectivity index (χ0n) is 10.8. The molecule has 0 aliphatic carbocycles. The maximum Gasteiger partial charge on any atom is 0.193 e. The van der Waals surface area contributed by atoms with Crippen LogP contribution in [0, 0.1) is 0 Å². The van der Waals surface area contributed by atoms with Crippen molar-refractivity contribution in [2.24, 2.45) is 0 Å². The Morgan fingerprint density at radius 3 is 2.94 bits per heavy atom. The maximum absolute atomic E-state index is 6.00. The standard InChI is InChI=1S/C12H24O4Si/c1-13-17-12(5-2-3-8-16-12)6-4-7-14-9-11-10-15-11/h11H,2-10,17H2,1H3. The molecule has 0 bridgehead atoms. The van der Waals surface area contributed by atoms with E-state index in [1.165, 1.54) is 19.3 Å². The van der Waals surface area contributed by atoms with Gasteiger partial charge in [-0.15, -0.1) is 0 Å². The highest BCUT2D eigenvalue weighted by Crippen LogP contribution is 2.28. The van der Waals surface area contributed by atoms with Crippen LogP contribution in [0.4, 0.5) is 0 Å². The average Bonchev–Trinajstić information content (AvgIpc) is 3.14. The first-order chi connectivity index (χ1) is 8.35. The van der Waals surface area contributed by atoms with Crippen molar-refractivity contribution in [1.29, 1.82) is 0 Å². The molecule has 17 heavy (non-hydrogen) atoms. The Labute approximate surface area is 106 Å². The van der Waals surface area contributed by atoms with Gasteiger partial charge in [0.25, 0.3) is 0 Å². The van der Waals surface area contributed by atoms with E-state index in [1.807, 2.05) is 7.11 Å². The molecule has 5 heteroatoms. The highest BCUT2D eigenvalue weighted by atomic mass is 28.2. The second-order valence-corrected chi connectivity index (χ2v) is 7.21. The van der Waals surface area contributed by atoms with Gasteiger partial charge in [-0.2, -0.15) is 0 Å². The van der Waals surface area contributed by atoms with Crippen LogP contribution >= 0.6 is 0 Å². The van der Waals surface area contributed by atoms with Gasteiger partial charge in [0.1, 0.15) is 6.10 Å². The van der Waals surface area contributed by atoms with E-state index >= 15 is 0 Å². The van der Waals surface area contributed by atoms with Gasteiger partial charge >= 0.3 is 0 Å². The summed E-state index contributed by atoms with van der Waals surface area (Å²) in [7, 11) is 1.24. The number of hydrogen-bond acceptors (Lipinski definition) is 4. The van der Waals surface area contributed by atoms with Crippen molar-refractivity contribution in [3.8, 4) is 0 Å². The highest BCUT2D eigenvalue weighted by Gasteiger charge is 2.33. The molecule has 0 saturated carbocycles. The third-order valence-corrected chi connectivity index (χ3v) is 5.20. The van der Waals surface area contributed by atoms with Crippen molar-refractivity contribution in [3.63, 3.8) is 0 Å². The lowest BCUT2D eigenvalue weighted by atomic mass is 10.0. The van der Waals surface area contributed by atoms with E-state index < -0.39 is 9.76 Å². The lowest BCUT2D eigenvalue weighted by molar-refractivity contribution is -0.0383. The van der Waals surface area contributed by atoms with E-state index in [4.69, 9.17) is 18.6 Å². The Hall–Kier alpha value is 0.0569. The molecule has 2 rings (SSSR count). The Morgan fingerprint density at radius 1 is 1.41 bits per heavy atom. The SMILES string of the molecule is CO[SiH2]C1(CCCOCC2CO2)CCCCO1. The molecule has 0 aromatic rings. The minimum absolute atomic E-state index is 0.0897. The zero-order valence-corrected chi connectivity index (χ0v) is 12.2. The van der Waals surface area contributed by atoms with E-state index in [0.717, 1.165) is 39.3 Å². The lowest BCUT2D eigenvalue weighted by Gasteiger charge is -2.36. The second kappa shape index (κ2) is 6.85. The van der Waals surface area contributed by atoms with E-state index in [1.54, 1.807) is 0 Å². The third-order valence-electron chi connectivity index (χ3n) is 3.47. The van der Waals surface area contributed by atoms with E-state index in [9.17, 15) is 0 Å². The molecule has 0 aromatic carbocycles. The number of epoxide rings is 1. The van der Waals surface area contributed by atoms with Gasteiger partial charge in [-0.05, 0) is 32.1 Å². The van der Waals surface area contributed by atoms with Crippen LogP contribution < -0.4 is 0 Å². The molecular weight excluding hydrogens is 236 g/mol. The molecule has 2 unspecified atom stereocenters. The summed E-state index contributed by atoms with van der Waals surface area (Å²) in [4.78, 5) is 0. The zero-order chi connectivity index (χ0) is 12.0. The normalized spacial score (nSPS) is 33.4. The molecule has 2 saturated heterocycles. The Kier molecular flexibility index (Phi) is 5.43. The number of rotatable bonds is 8. The summed E-state index contributed by atoms with van der Waals surface area (Å²) in [5.74, 6) is 0. The summed E-state index contributed by atoms with van der Waals surface area (Å²) in [5, 5.41) is 0.0897. The molecule has 0 amide bonds. The van der Waals surface area contributed by atoms with E-state index in [2.05, 4.69) is 0 Å². The van der Waals surface area contributed by atoms with Gasteiger partial charge in [-0.25, -0.2) is 0 Å². The predicted octanol–water partition coefficient (Wildman–Crippen LogP) is 0.809. The molecule has 2 heterocycles. The van der Waals surface area contributed by atoms with Crippen molar-refractivity contribution >= 4 is 9.76 Å². The number of hydrogen-bond donors (Lipinski definition) is 0. The Bertz CT molecular complexity index is 209. The minimum atomic E-state index is -0.571. The van der Waals surface area contributed by atoms with Crippen LogP contribution in [0.25, 0.3) is 0 Å². The van der Waals surface area contributed by atoms with Crippen molar-refractivity contribution in [3.05, 3.63) is 0 Å². The smallest absolute Gasteiger partial charge is 0.193 e. The quantitative estimate of drug-likeness (QED) is 0.368. The maximum atomic E-state index is 6.00. The van der Waals surface area contributed by atoms with Gasteiger partial charge in [-0.3, -0.25) is 0 Å². The average molecular weight is 260 g/mol. The second-order valence-electron chi connectivity index (χ2n) is 5.06. The van der Waals surface area contributed by atoms with Crippen LogP contribution in [0.5, 0.6) is 0 Å².